The van der Waals surface area contributed by atoms with Crippen LogP contribution in [0.2, 0.25) is 5.02 Å². The molecule has 1 N–H and O–H groups in total. The molecule has 0 bridgehead atoms. The fourth-order valence-electron chi connectivity index (χ4n) is 3.51. The van der Waals surface area contributed by atoms with E-state index in [0.29, 0.717) is 48.1 Å². The van der Waals surface area contributed by atoms with Crippen molar-refractivity contribution in [2.45, 2.75) is 19.4 Å². The van der Waals surface area contributed by atoms with Gasteiger partial charge in [-0.3, -0.25) is 9.59 Å². The predicted molar refractivity (Wildman–Crippen MR) is 115 cm³/mol. The van der Waals surface area contributed by atoms with Crippen LogP contribution in [-0.4, -0.2) is 48.6 Å². The minimum absolute atomic E-state index is 0.0481. The van der Waals surface area contributed by atoms with Gasteiger partial charge in [0.15, 0.2) is 0 Å². The van der Waals surface area contributed by atoms with Crippen LogP contribution in [0.15, 0.2) is 54.1 Å². The lowest BCUT2D eigenvalue weighted by atomic mass is 9.95. The summed E-state index contributed by atoms with van der Waals surface area (Å²) in [6.07, 6.45) is 0.574. The molecule has 0 unspecified atom stereocenters. The third-order valence-corrected chi connectivity index (χ3v) is 5.21. The van der Waals surface area contributed by atoms with Crippen molar-refractivity contribution in [1.29, 1.82) is 0 Å². The van der Waals surface area contributed by atoms with Gasteiger partial charge in [0, 0.05) is 30.3 Å². The molecule has 2 aromatic rings. The second-order valence-corrected chi connectivity index (χ2v) is 7.26. The van der Waals surface area contributed by atoms with Crippen molar-refractivity contribution in [1.82, 2.24) is 4.90 Å². The topological polar surface area (TPSA) is 76.1 Å². The van der Waals surface area contributed by atoms with Crippen LogP contribution in [0, 0.1) is 0 Å². The number of Topliss-reactive ketones (excluding diaryl/α,β-unsaturated/α-hetero) is 1. The van der Waals surface area contributed by atoms with Gasteiger partial charge in [0.1, 0.15) is 11.5 Å². The van der Waals surface area contributed by atoms with Crippen LogP contribution in [0.3, 0.4) is 0 Å². The summed E-state index contributed by atoms with van der Waals surface area (Å²) < 4.78 is 10.6. The highest BCUT2D eigenvalue weighted by Gasteiger charge is 2.45. The quantitative estimate of drug-likeness (QED) is 0.294. The molecule has 158 valence electrons. The number of carbonyl (C=O) groups excluding carboxylic acids is 2. The molecule has 0 radical (unpaired) electrons. The smallest absolute Gasteiger partial charge is 0.295 e. The van der Waals surface area contributed by atoms with Crippen LogP contribution in [0.5, 0.6) is 5.75 Å². The van der Waals surface area contributed by atoms with E-state index in [-0.39, 0.29) is 11.3 Å². The molecule has 1 atom stereocenters. The number of ether oxygens (including phenoxy) is 2. The summed E-state index contributed by atoms with van der Waals surface area (Å²) in [5.41, 5.74) is 1.15. The number of hydrogen-bond acceptors (Lipinski definition) is 5. The minimum Gasteiger partial charge on any atom is -0.507 e. The van der Waals surface area contributed by atoms with Crippen molar-refractivity contribution >= 4 is 29.1 Å². The van der Waals surface area contributed by atoms with Crippen LogP contribution in [-0.2, 0) is 14.3 Å². The summed E-state index contributed by atoms with van der Waals surface area (Å²) in [6, 6.07) is 12.9. The van der Waals surface area contributed by atoms with Crippen LogP contribution in [0.4, 0.5) is 0 Å². The molecule has 0 spiro atoms. The molecule has 3 rings (SSSR count). The Morgan fingerprint density at radius 1 is 1.17 bits per heavy atom. The molecular weight excluding hydrogens is 406 g/mol. The van der Waals surface area contributed by atoms with Gasteiger partial charge in [-0.25, -0.2) is 0 Å². The zero-order chi connectivity index (χ0) is 21.7. The molecule has 7 heteroatoms. The number of rotatable bonds is 8. The van der Waals surface area contributed by atoms with Crippen molar-refractivity contribution in [3.05, 3.63) is 70.3 Å². The molecule has 1 amide bonds. The first-order valence-corrected chi connectivity index (χ1v) is 10.1. The van der Waals surface area contributed by atoms with Gasteiger partial charge in [0.25, 0.3) is 11.7 Å². The van der Waals surface area contributed by atoms with Gasteiger partial charge in [-0.1, -0.05) is 35.9 Å². The van der Waals surface area contributed by atoms with Gasteiger partial charge in [-0.05, 0) is 43.2 Å². The number of ketones is 1. The summed E-state index contributed by atoms with van der Waals surface area (Å²) in [5, 5.41) is 11.6. The Morgan fingerprint density at radius 3 is 2.57 bits per heavy atom. The highest BCUT2D eigenvalue weighted by molar-refractivity contribution is 6.46. The molecular formula is C23H24ClNO5. The largest absolute Gasteiger partial charge is 0.507 e. The van der Waals surface area contributed by atoms with Crippen molar-refractivity contribution in [2.75, 3.05) is 26.9 Å². The van der Waals surface area contributed by atoms with Gasteiger partial charge in [-0.15, -0.1) is 0 Å². The zero-order valence-electron chi connectivity index (χ0n) is 16.9. The third-order valence-electron chi connectivity index (χ3n) is 4.96. The molecule has 1 fully saturated rings. The van der Waals surface area contributed by atoms with E-state index in [0.717, 1.165) is 0 Å². The monoisotopic (exact) mass is 429 g/mol. The number of likely N-dealkylation sites (tertiary alicyclic amines) is 1. The molecule has 0 saturated carbocycles. The highest BCUT2D eigenvalue weighted by Crippen LogP contribution is 2.40. The second kappa shape index (κ2) is 9.78. The van der Waals surface area contributed by atoms with E-state index in [2.05, 4.69) is 0 Å². The Bertz CT molecular complexity index is 954. The standard InChI is InChI=1S/C23H24ClNO5/c1-3-30-13-5-12-25-20(15-8-10-17(24)11-9-15)19(22(27)23(25)28)21(26)16-6-4-7-18(14-16)29-2/h4,6-11,14,20,26H,3,5,12-13H2,1-2H3/t20-/m1/s1. The van der Waals surface area contributed by atoms with Gasteiger partial charge in [0.2, 0.25) is 0 Å². The van der Waals surface area contributed by atoms with E-state index >= 15 is 0 Å². The van der Waals surface area contributed by atoms with Crippen LogP contribution >= 0.6 is 11.6 Å². The van der Waals surface area contributed by atoms with Crippen LogP contribution in [0.25, 0.3) is 5.76 Å². The average Bonchev–Trinajstić information content (AvgIpc) is 3.01. The van der Waals surface area contributed by atoms with Crippen molar-refractivity contribution in [3.8, 4) is 5.75 Å². The number of carbonyl (C=O) groups is 2. The number of nitrogens with zero attached hydrogens (tertiary/aromatic N) is 1. The number of methoxy groups -OCH3 is 1. The summed E-state index contributed by atoms with van der Waals surface area (Å²) >= 11 is 6.02. The Kier molecular flexibility index (Phi) is 7.13. The lowest BCUT2D eigenvalue weighted by molar-refractivity contribution is -0.140. The maximum Gasteiger partial charge on any atom is 0.295 e. The van der Waals surface area contributed by atoms with E-state index < -0.39 is 17.7 Å². The van der Waals surface area contributed by atoms with Gasteiger partial charge in [-0.2, -0.15) is 0 Å². The van der Waals surface area contributed by atoms with E-state index in [4.69, 9.17) is 21.1 Å². The van der Waals surface area contributed by atoms with Crippen molar-refractivity contribution in [3.63, 3.8) is 0 Å². The number of aliphatic hydroxyl groups is 1. The summed E-state index contributed by atoms with van der Waals surface area (Å²) in [4.78, 5) is 27.2. The molecule has 1 aliphatic rings. The van der Waals surface area contributed by atoms with E-state index in [9.17, 15) is 14.7 Å². The maximum atomic E-state index is 12.9. The van der Waals surface area contributed by atoms with Crippen LogP contribution < -0.4 is 4.74 Å². The molecule has 1 aliphatic heterocycles. The summed E-state index contributed by atoms with van der Waals surface area (Å²) in [6.45, 7) is 3.28. The first kappa shape index (κ1) is 21.9. The molecule has 1 heterocycles. The first-order valence-electron chi connectivity index (χ1n) is 9.74. The van der Waals surface area contributed by atoms with Crippen molar-refractivity contribution < 1.29 is 24.2 Å². The number of amides is 1. The SMILES string of the molecule is CCOCCCN1C(=O)C(=O)C(=C(O)c2cccc(OC)c2)[C@H]1c1ccc(Cl)cc1. The van der Waals surface area contributed by atoms with E-state index in [1.165, 1.54) is 12.0 Å². The van der Waals surface area contributed by atoms with E-state index in [1.54, 1.807) is 48.5 Å². The first-order chi connectivity index (χ1) is 14.5. The summed E-state index contributed by atoms with van der Waals surface area (Å²) in [7, 11) is 1.52. The van der Waals surface area contributed by atoms with E-state index in [1.807, 2.05) is 6.92 Å². The molecule has 2 aromatic carbocycles. The fraction of sp³-hybridized carbons (Fsp3) is 0.304. The number of halogens is 1. The molecule has 6 nitrogen and oxygen atoms in total. The number of aliphatic hydroxyl groups excluding tert-OH is 1. The number of benzene rings is 2. The second-order valence-electron chi connectivity index (χ2n) is 6.83. The van der Waals surface area contributed by atoms with Crippen LogP contribution in [0.1, 0.15) is 30.5 Å². The average molecular weight is 430 g/mol. The molecule has 30 heavy (non-hydrogen) atoms. The minimum atomic E-state index is -0.716. The Hall–Kier alpha value is -2.83. The Morgan fingerprint density at radius 2 is 1.90 bits per heavy atom. The van der Waals surface area contributed by atoms with Gasteiger partial charge in [0.05, 0.1) is 18.7 Å². The Labute approximate surface area is 180 Å². The summed E-state index contributed by atoms with van der Waals surface area (Å²) in [5.74, 6) is -1.06. The van der Waals surface area contributed by atoms with Gasteiger partial charge >= 0.3 is 0 Å². The zero-order valence-corrected chi connectivity index (χ0v) is 17.7. The molecule has 1 saturated heterocycles. The number of hydrogen-bond donors (Lipinski definition) is 1. The predicted octanol–water partition coefficient (Wildman–Crippen LogP) is 4.20. The van der Waals surface area contributed by atoms with Gasteiger partial charge < -0.3 is 19.5 Å². The maximum absolute atomic E-state index is 12.9. The Balaban J connectivity index is 2.07. The molecule has 0 aromatic heterocycles. The third kappa shape index (κ3) is 4.50. The highest BCUT2D eigenvalue weighted by atomic mass is 35.5. The lowest BCUT2D eigenvalue weighted by Gasteiger charge is -2.25. The van der Waals surface area contributed by atoms with Crippen molar-refractivity contribution in [2.24, 2.45) is 0 Å². The molecule has 0 aliphatic carbocycles. The normalized spacial score (nSPS) is 18.1. The fourth-order valence-corrected chi connectivity index (χ4v) is 3.64. The lowest BCUT2D eigenvalue weighted by Crippen LogP contribution is -2.31.